The number of amides is 1. The van der Waals surface area contributed by atoms with E-state index in [1.165, 1.54) is 39.9 Å². The van der Waals surface area contributed by atoms with Crippen molar-refractivity contribution in [2.75, 3.05) is 33.4 Å². The number of carbonyl (C=O) groups excluding carboxylic acids is 2. The quantitative estimate of drug-likeness (QED) is 0.412. The SMILES string of the molecule is CCOC(=O)c1ccc2c(c1)sc(=NC(=O)c1ccc(S(=O)(=O)N3CCCCC3)cc1)n2CCOC. The van der Waals surface area contributed by atoms with E-state index in [4.69, 9.17) is 9.47 Å². The lowest BCUT2D eigenvalue weighted by Gasteiger charge is -2.25. The summed E-state index contributed by atoms with van der Waals surface area (Å²) in [5.41, 5.74) is 1.53. The van der Waals surface area contributed by atoms with Crippen LogP contribution in [0.2, 0.25) is 0 Å². The molecule has 192 valence electrons. The van der Waals surface area contributed by atoms with Gasteiger partial charge in [-0.2, -0.15) is 9.30 Å². The van der Waals surface area contributed by atoms with Crippen molar-refractivity contribution in [3.8, 4) is 0 Å². The minimum absolute atomic E-state index is 0.171. The summed E-state index contributed by atoms with van der Waals surface area (Å²) in [7, 11) is -1.98. The first-order valence-electron chi connectivity index (χ1n) is 11.8. The van der Waals surface area contributed by atoms with Crippen molar-refractivity contribution in [1.82, 2.24) is 8.87 Å². The van der Waals surface area contributed by atoms with E-state index in [-0.39, 0.29) is 17.1 Å². The van der Waals surface area contributed by atoms with Gasteiger partial charge in [-0.25, -0.2) is 13.2 Å². The van der Waals surface area contributed by atoms with E-state index in [1.807, 2.05) is 4.57 Å². The average Bonchev–Trinajstić information content (AvgIpc) is 3.24. The maximum atomic E-state index is 13.0. The molecule has 0 unspecified atom stereocenters. The molecule has 1 aromatic heterocycles. The van der Waals surface area contributed by atoms with Crippen LogP contribution >= 0.6 is 11.3 Å². The molecule has 2 heterocycles. The number of esters is 1. The fourth-order valence-electron chi connectivity index (χ4n) is 4.07. The van der Waals surface area contributed by atoms with Crippen LogP contribution in [0, 0.1) is 0 Å². The number of fused-ring (bicyclic) bond motifs is 1. The lowest BCUT2D eigenvalue weighted by atomic mass is 10.2. The number of aromatic nitrogens is 1. The third kappa shape index (κ3) is 5.59. The molecular weight excluding hydrogens is 502 g/mol. The Morgan fingerprint density at radius 3 is 2.39 bits per heavy atom. The minimum atomic E-state index is -3.58. The Labute approximate surface area is 214 Å². The summed E-state index contributed by atoms with van der Waals surface area (Å²) < 4.78 is 40.2. The molecular formula is C25H29N3O6S2. The highest BCUT2D eigenvalue weighted by Crippen LogP contribution is 2.22. The van der Waals surface area contributed by atoms with Crippen molar-refractivity contribution in [2.24, 2.45) is 4.99 Å². The van der Waals surface area contributed by atoms with Gasteiger partial charge in [-0.3, -0.25) is 4.79 Å². The predicted molar refractivity (Wildman–Crippen MR) is 137 cm³/mol. The molecule has 1 aliphatic heterocycles. The number of carbonyl (C=O) groups is 2. The second kappa shape index (κ2) is 11.5. The van der Waals surface area contributed by atoms with E-state index >= 15 is 0 Å². The van der Waals surface area contributed by atoms with Crippen molar-refractivity contribution in [1.29, 1.82) is 0 Å². The lowest BCUT2D eigenvalue weighted by Crippen LogP contribution is -2.35. The van der Waals surface area contributed by atoms with E-state index < -0.39 is 21.9 Å². The normalized spacial score (nSPS) is 15.3. The maximum absolute atomic E-state index is 13.0. The number of methoxy groups -OCH3 is 1. The molecule has 36 heavy (non-hydrogen) atoms. The zero-order chi connectivity index (χ0) is 25.7. The molecule has 1 fully saturated rings. The van der Waals surface area contributed by atoms with Gasteiger partial charge in [-0.05, 0) is 62.2 Å². The molecule has 9 nitrogen and oxygen atoms in total. The van der Waals surface area contributed by atoms with Crippen molar-refractivity contribution < 1.29 is 27.5 Å². The second-order valence-corrected chi connectivity index (χ2v) is 11.3. The Morgan fingerprint density at radius 1 is 1.03 bits per heavy atom. The molecule has 0 N–H and O–H groups in total. The number of rotatable bonds is 8. The van der Waals surface area contributed by atoms with Gasteiger partial charge in [0.05, 0.1) is 33.9 Å². The zero-order valence-electron chi connectivity index (χ0n) is 20.3. The number of nitrogens with zero attached hydrogens (tertiary/aromatic N) is 3. The summed E-state index contributed by atoms with van der Waals surface area (Å²) in [6, 6.07) is 11.1. The topological polar surface area (TPSA) is 107 Å². The Kier molecular flexibility index (Phi) is 8.35. The fraction of sp³-hybridized carbons (Fsp3) is 0.400. The van der Waals surface area contributed by atoms with Gasteiger partial charge in [-0.1, -0.05) is 17.8 Å². The summed E-state index contributed by atoms with van der Waals surface area (Å²) in [5, 5.41) is 0. The Bertz CT molecular complexity index is 1420. The third-order valence-corrected chi connectivity index (χ3v) is 8.92. The Morgan fingerprint density at radius 2 is 1.72 bits per heavy atom. The summed E-state index contributed by atoms with van der Waals surface area (Å²) >= 11 is 1.28. The molecule has 1 amide bonds. The fourth-order valence-corrected chi connectivity index (χ4v) is 6.68. The van der Waals surface area contributed by atoms with Crippen LogP contribution in [0.3, 0.4) is 0 Å². The summed E-state index contributed by atoms with van der Waals surface area (Å²) in [6.45, 7) is 3.94. The Balaban J connectivity index is 1.65. The highest BCUT2D eigenvalue weighted by molar-refractivity contribution is 7.89. The van der Waals surface area contributed by atoms with Crippen molar-refractivity contribution in [2.45, 2.75) is 37.6 Å². The monoisotopic (exact) mass is 531 g/mol. The number of thiazole rings is 1. The molecule has 0 aliphatic carbocycles. The number of sulfonamides is 1. The van der Waals surface area contributed by atoms with Gasteiger partial charge in [0.2, 0.25) is 10.0 Å². The van der Waals surface area contributed by atoms with Crippen LogP contribution in [0.15, 0.2) is 52.4 Å². The molecule has 1 aliphatic rings. The minimum Gasteiger partial charge on any atom is -0.462 e. The lowest BCUT2D eigenvalue weighted by molar-refractivity contribution is 0.0526. The zero-order valence-corrected chi connectivity index (χ0v) is 21.9. The van der Waals surface area contributed by atoms with Gasteiger partial charge in [0.15, 0.2) is 4.80 Å². The maximum Gasteiger partial charge on any atom is 0.338 e. The number of hydrogen-bond donors (Lipinski definition) is 0. The van der Waals surface area contributed by atoms with Crippen LogP contribution < -0.4 is 4.80 Å². The number of hydrogen-bond acceptors (Lipinski definition) is 7. The molecule has 0 radical (unpaired) electrons. The largest absolute Gasteiger partial charge is 0.462 e. The van der Waals surface area contributed by atoms with Gasteiger partial charge in [0, 0.05) is 32.3 Å². The van der Waals surface area contributed by atoms with Crippen LogP contribution in [0.4, 0.5) is 0 Å². The molecule has 0 spiro atoms. The number of benzene rings is 2. The number of piperidine rings is 1. The summed E-state index contributed by atoms with van der Waals surface area (Å²) in [4.78, 5) is 30.1. The highest BCUT2D eigenvalue weighted by Gasteiger charge is 2.26. The van der Waals surface area contributed by atoms with Gasteiger partial charge in [0.25, 0.3) is 5.91 Å². The van der Waals surface area contributed by atoms with Crippen LogP contribution in [-0.2, 0) is 26.0 Å². The molecule has 1 saturated heterocycles. The molecule has 3 aromatic rings. The standard InChI is InChI=1S/C25H29N3O6S2/c1-3-34-24(30)19-9-12-21-22(17-19)35-25(28(21)15-16-33-2)26-23(29)18-7-10-20(11-8-18)36(31,32)27-13-5-4-6-14-27/h7-12,17H,3-6,13-16H2,1-2H3. The first-order chi connectivity index (χ1) is 17.3. The average molecular weight is 532 g/mol. The first kappa shape index (κ1) is 26.2. The van der Waals surface area contributed by atoms with Crippen molar-refractivity contribution in [3.05, 3.63) is 58.4 Å². The van der Waals surface area contributed by atoms with Gasteiger partial charge in [-0.15, -0.1) is 0 Å². The molecule has 11 heteroatoms. The number of ether oxygens (including phenoxy) is 2. The van der Waals surface area contributed by atoms with E-state index in [1.54, 1.807) is 32.2 Å². The van der Waals surface area contributed by atoms with Crippen LogP contribution in [-0.4, -0.2) is 62.6 Å². The molecule has 0 bridgehead atoms. The van der Waals surface area contributed by atoms with Crippen LogP contribution in [0.5, 0.6) is 0 Å². The van der Waals surface area contributed by atoms with Gasteiger partial charge < -0.3 is 14.0 Å². The molecule has 2 aromatic carbocycles. The van der Waals surface area contributed by atoms with E-state index in [2.05, 4.69) is 4.99 Å². The molecule has 4 rings (SSSR count). The third-order valence-electron chi connectivity index (χ3n) is 5.96. The second-order valence-electron chi connectivity index (χ2n) is 8.34. The van der Waals surface area contributed by atoms with Crippen molar-refractivity contribution >= 4 is 43.5 Å². The summed E-state index contributed by atoms with van der Waals surface area (Å²) in [6.07, 6.45) is 2.75. The van der Waals surface area contributed by atoms with Crippen molar-refractivity contribution in [3.63, 3.8) is 0 Å². The van der Waals surface area contributed by atoms with E-state index in [0.717, 1.165) is 29.5 Å². The summed E-state index contributed by atoms with van der Waals surface area (Å²) in [5.74, 6) is -0.898. The first-order valence-corrected chi connectivity index (χ1v) is 14.1. The smallest absolute Gasteiger partial charge is 0.338 e. The molecule has 0 saturated carbocycles. The highest BCUT2D eigenvalue weighted by atomic mass is 32.2. The van der Waals surface area contributed by atoms with Crippen LogP contribution in [0.25, 0.3) is 10.2 Å². The van der Waals surface area contributed by atoms with Gasteiger partial charge in [0.1, 0.15) is 0 Å². The van der Waals surface area contributed by atoms with Gasteiger partial charge >= 0.3 is 5.97 Å². The van der Waals surface area contributed by atoms with E-state index in [9.17, 15) is 18.0 Å². The van der Waals surface area contributed by atoms with E-state index in [0.29, 0.717) is 36.6 Å². The Hall–Kier alpha value is -2.86. The predicted octanol–water partition coefficient (Wildman–Crippen LogP) is 3.44. The molecule has 0 atom stereocenters. The van der Waals surface area contributed by atoms with Crippen LogP contribution in [0.1, 0.15) is 46.9 Å².